The lowest BCUT2D eigenvalue weighted by Gasteiger charge is -2.33. The highest BCUT2D eigenvalue weighted by atomic mass is 16.2. The molecule has 3 rings (SSSR count). The largest absolute Gasteiger partial charge is 0.360 e. The Balaban J connectivity index is 1.51. The Kier molecular flexibility index (Phi) is 7.63. The van der Waals surface area contributed by atoms with Gasteiger partial charge in [0.2, 0.25) is 0 Å². The third-order valence-corrected chi connectivity index (χ3v) is 5.76. The molecule has 30 heavy (non-hydrogen) atoms. The Bertz CT molecular complexity index is 825. The predicted molar refractivity (Wildman–Crippen MR) is 121 cm³/mol. The van der Waals surface area contributed by atoms with Crippen LogP contribution in [0.4, 0.5) is 5.69 Å². The molecular weight excluding hydrogens is 374 g/mol. The molecule has 2 N–H and O–H groups in total. The number of piperazine rings is 1. The van der Waals surface area contributed by atoms with Crippen LogP contribution in [0.1, 0.15) is 49.2 Å². The Labute approximate surface area is 180 Å². The number of Topliss-reactive ketones (excluding diaryl/α,β-unsaturated/α-hetero) is 1. The average molecular weight is 409 g/mol. The highest BCUT2D eigenvalue weighted by Crippen LogP contribution is 2.21. The fourth-order valence-corrected chi connectivity index (χ4v) is 4.07. The summed E-state index contributed by atoms with van der Waals surface area (Å²) >= 11 is 0. The van der Waals surface area contributed by atoms with Gasteiger partial charge in [0.05, 0.1) is 32.2 Å². The molecule has 1 amide bonds. The zero-order valence-corrected chi connectivity index (χ0v) is 18.4. The summed E-state index contributed by atoms with van der Waals surface area (Å²) in [5.41, 5.74) is 3.06. The van der Waals surface area contributed by atoms with Crippen LogP contribution in [0.5, 0.6) is 0 Å². The van der Waals surface area contributed by atoms with E-state index in [2.05, 4.69) is 36.2 Å². The van der Waals surface area contributed by atoms with Gasteiger partial charge in [0, 0.05) is 11.3 Å². The Morgan fingerprint density at radius 3 is 2.20 bits per heavy atom. The molecule has 0 aliphatic carbocycles. The van der Waals surface area contributed by atoms with Crippen LogP contribution in [0.3, 0.4) is 0 Å². The maximum Gasteiger partial charge on any atom is 0.275 e. The van der Waals surface area contributed by atoms with Gasteiger partial charge in [0.15, 0.2) is 12.3 Å². The maximum absolute atomic E-state index is 12.8. The number of carbonyl (C=O) groups excluding carboxylic acids is 2. The third kappa shape index (κ3) is 6.17. The van der Waals surface area contributed by atoms with Crippen molar-refractivity contribution < 1.29 is 14.5 Å². The first-order chi connectivity index (χ1) is 14.4. The van der Waals surface area contributed by atoms with Crippen molar-refractivity contribution in [1.29, 1.82) is 0 Å². The van der Waals surface area contributed by atoms with E-state index < -0.39 is 0 Å². The summed E-state index contributed by atoms with van der Waals surface area (Å²) in [4.78, 5) is 27.9. The molecule has 1 fully saturated rings. The number of nitrogens with one attached hydrogen (secondary N) is 2. The number of anilines is 1. The van der Waals surface area contributed by atoms with Crippen LogP contribution in [0, 0.1) is 5.92 Å². The van der Waals surface area contributed by atoms with Crippen LogP contribution in [0.2, 0.25) is 0 Å². The topological polar surface area (TPSA) is 53.9 Å². The van der Waals surface area contributed by atoms with Gasteiger partial charge >= 0.3 is 0 Å². The van der Waals surface area contributed by atoms with Crippen molar-refractivity contribution in [3.05, 3.63) is 65.7 Å². The zero-order chi connectivity index (χ0) is 21.5. The molecule has 0 unspecified atom stereocenters. The lowest BCUT2D eigenvalue weighted by atomic mass is 9.97. The van der Waals surface area contributed by atoms with Crippen LogP contribution in [0.15, 0.2) is 54.6 Å². The Hall–Kier alpha value is -2.66. The fourth-order valence-electron chi connectivity index (χ4n) is 4.07. The van der Waals surface area contributed by atoms with Crippen molar-refractivity contribution >= 4 is 17.4 Å². The van der Waals surface area contributed by atoms with E-state index in [0.717, 1.165) is 43.9 Å². The molecule has 2 aromatic rings. The van der Waals surface area contributed by atoms with E-state index in [4.69, 9.17) is 0 Å². The Morgan fingerprint density at radius 2 is 1.63 bits per heavy atom. The number of nitrogens with zero attached hydrogens (tertiary/aromatic N) is 1. The van der Waals surface area contributed by atoms with Gasteiger partial charge in [-0.1, -0.05) is 44.2 Å². The lowest BCUT2D eigenvalue weighted by molar-refractivity contribution is -0.892. The average Bonchev–Trinajstić information content (AvgIpc) is 2.74. The highest BCUT2D eigenvalue weighted by molar-refractivity contribution is 5.94. The van der Waals surface area contributed by atoms with Gasteiger partial charge in [-0.3, -0.25) is 9.59 Å². The first-order valence-corrected chi connectivity index (χ1v) is 11.0. The number of quaternary nitrogens is 1. The second kappa shape index (κ2) is 10.4. The molecule has 1 atom stereocenters. The smallest absolute Gasteiger partial charge is 0.275 e. The summed E-state index contributed by atoms with van der Waals surface area (Å²) < 4.78 is 0. The van der Waals surface area contributed by atoms with E-state index in [1.54, 1.807) is 6.92 Å². The van der Waals surface area contributed by atoms with Gasteiger partial charge < -0.3 is 15.1 Å². The highest BCUT2D eigenvalue weighted by Gasteiger charge is 2.24. The minimum absolute atomic E-state index is 0.0687. The molecular formula is C25H34N3O2+. The molecule has 1 heterocycles. The molecule has 160 valence electrons. The normalized spacial score (nSPS) is 15.8. The summed E-state index contributed by atoms with van der Waals surface area (Å²) in [6, 6.07) is 18.1. The van der Waals surface area contributed by atoms with Crippen molar-refractivity contribution in [2.24, 2.45) is 5.92 Å². The summed E-state index contributed by atoms with van der Waals surface area (Å²) in [7, 11) is 0. The summed E-state index contributed by atoms with van der Waals surface area (Å²) in [6.07, 6.45) is 0.940. The van der Waals surface area contributed by atoms with Gasteiger partial charge in [0.1, 0.15) is 0 Å². The van der Waals surface area contributed by atoms with Crippen molar-refractivity contribution in [2.45, 2.75) is 33.2 Å². The third-order valence-electron chi connectivity index (χ3n) is 5.76. The SMILES string of the molecule is CC(=O)c1ccc(N2CC[NH+](CC(=O)N[C@@H](CC(C)C)c3ccccc3)CC2)cc1. The molecule has 2 aromatic carbocycles. The molecule has 1 aliphatic rings. The minimum atomic E-state index is 0.0687. The standard InChI is InChI=1S/C25H33N3O2/c1-19(2)17-24(22-7-5-4-6-8-22)26-25(30)18-27-13-15-28(16-14-27)23-11-9-21(10-12-23)20(3)29/h4-12,19,24H,13-18H2,1-3H3,(H,26,30)/p+1/t24-/m0/s1. The molecule has 0 aromatic heterocycles. The second-order valence-corrected chi connectivity index (χ2v) is 8.68. The van der Waals surface area contributed by atoms with Crippen LogP contribution >= 0.6 is 0 Å². The summed E-state index contributed by atoms with van der Waals surface area (Å²) in [5.74, 6) is 0.729. The van der Waals surface area contributed by atoms with Crippen LogP contribution in [-0.4, -0.2) is 44.4 Å². The number of hydrogen-bond acceptors (Lipinski definition) is 3. The van der Waals surface area contributed by atoms with E-state index >= 15 is 0 Å². The number of ketones is 1. The summed E-state index contributed by atoms with van der Waals surface area (Å²) in [6.45, 7) is 10.2. The van der Waals surface area contributed by atoms with Gasteiger partial charge in [-0.2, -0.15) is 0 Å². The van der Waals surface area contributed by atoms with Gasteiger partial charge in [-0.15, -0.1) is 0 Å². The van der Waals surface area contributed by atoms with Gasteiger partial charge in [-0.25, -0.2) is 0 Å². The van der Waals surface area contributed by atoms with E-state index in [1.807, 2.05) is 42.5 Å². The molecule has 5 heteroatoms. The number of rotatable bonds is 8. The molecule has 0 spiro atoms. The zero-order valence-electron chi connectivity index (χ0n) is 18.4. The number of carbonyl (C=O) groups is 2. The molecule has 0 bridgehead atoms. The van der Waals surface area contributed by atoms with Crippen LogP contribution < -0.4 is 15.1 Å². The lowest BCUT2D eigenvalue weighted by Crippen LogP contribution is -3.16. The van der Waals surface area contributed by atoms with Gasteiger partial charge in [0.25, 0.3) is 5.91 Å². The first kappa shape index (κ1) is 22.0. The number of hydrogen-bond donors (Lipinski definition) is 2. The molecule has 0 radical (unpaired) electrons. The van der Waals surface area contributed by atoms with Crippen molar-refractivity contribution in [2.75, 3.05) is 37.6 Å². The number of amides is 1. The van der Waals surface area contributed by atoms with Crippen LogP contribution in [-0.2, 0) is 4.79 Å². The monoisotopic (exact) mass is 408 g/mol. The molecule has 1 saturated heterocycles. The van der Waals surface area contributed by atoms with Crippen molar-refractivity contribution in [3.8, 4) is 0 Å². The minimum Gasteiger partial charge on any atom is -0.360 e. The summed E-state index contributed by atoms with van der Waals surface area (Å²) in [5, 5.41) is 3.27. The fraction of sp³-hybridized carbons (Fsp3) is 0.440. The quantitative estimate of drug-likeness (QED) is 0.660. The van der Waals surface area contributed by atoms with Crippen molar-refractivity contribution in [1.82, 2.24) is 5.32 Å². The van der Waals surface area contributed by atoms with E-state index in [-0.39, 0.29) is 17.7 Å². The van der Waals surface area contributed by atoms with E-state index in [0.29, 0.717) is 12.5 Å². The first-order valence-electron chi connectivity index (χ1n) is 11.0. The number of benzene rings is 2. The second-order valence-electron chi connectivity index (χ2n) is 8.68. The molecule has 5 nitrogen and oxygen atoms in total. The van der Waals surface area contributed by atoms with E-state index in [9.17, 15) is 9.59 Å². The maximum atomic E-state index is 12.8. The van der Waals surface area contributed by atoms with Crippen molar-refractivity contribution in [3.63, 3.8) is 0 Å². The molecule has 1 aliphatic heterocycles. The Morgan fingerprint density at radius 1 is 1.00 bits per heavy atom. The van der Waals surface area contributed by atoms with Gasteiger partial charge in [-0.05, 0) is 49.1 Å². The molecule has 0 saturated carbocycles. The van der Waals surface area contributed by atoms with E-state index in [1.165, 1.54) is 10.5 Å². The van der Waals surface area contributed by atoms with Crippen LogP contribution in [0.25, 0.3) is 0 Å². The predicted octanol–water partition coefficient (Wildman–Crippen LogP) is 2.50.